The first kappa shape index (κ1) is 21.4. The van der Waals surface area contributed by atoms with Crippen LogP contribution in [0.1, 0.15) is 30.9 Å². The van der Waals surface area contributed by atoms with Crippen LogP contribution in [0.5, 0.6) is 11.5 Å². The number of hydrogen-bond donors (Lipinski definition) is 1. The van der Waals surface area contributed by atoms with Gasteiger partial charge in [-0.25, -0.2) is 17.5 Å². The summed E-state index contributed by atoms with van der Waals surface area (Å²) >= 11 is 6.29. The third-order valence-corrected chi connectivity index (χ3v) is 7.16. The van der Waals surface area contributed by atoms with Crippen LogP contribution in [0.2, 0.25) is 5.02 Å². The second-order valence-electron chi connectivity index (χ2n) is 7.41. The third kappa shape index (κ3) is 4.56. The van der Waals surface area contributed by atoms with E-state index in [1.54, 1.807) is 18.2 Å². The molecule has 0 aliphatic carbocycles. The van der Waals surface area contributed by atoms with Crippen LogP contribution in [-0.4, -0.2) is 46.2 Å². The van der Waals surface area contributed by atoms with Crippen LogP contribution in [0.4, 0.5) is 4.39 Å². The molecule has 0 radical (unpaired) electrons. The first-order chi connectivity index (χ1) is 14.5. The summed E-state index contributed by atoms with van der Waals surface area (Å²) in [4.78, 5) is 2.15. The SMILES string of the molecule is O=S(=O)(NCC(c1c(F)cccc1Cl)N1CCCC1)c1ccc2c(c1)OCCCO2. The Morgan fingerprint density at radius 3 is 2.53 bits per heavy atom. The van der Waals surface area contributed by atoms with Crippen molar-refractivity contribution in [2.45, 2.75) is 30.2 Å². The van der Waals surface area contributed by atoms with Gasteiger partial charge in [-0.3, -0.25) is 4.90 Å². The van der Waals surface area contributed by atoms with Crippen molar-refractivity contribution >= 4 is 21.6 Å². The first-order valence-electron chi connectivity index (χ1n) is 10.0. The average molecular weight is 455 g/mol. The molecule has 2 heterocycles. The lowest BCUT2D eigenvalue weighted by molar-refractivity contribution is 0.241. The topological polar surface area (TPSA) is 67.9 Å². The maximum Gasteiger partial charge on any atom is 0.240 e. The summed E-state index contributed by atoms with van der Waals surface area (Å²) in [6, 6.07) is 8.58. The molecule has 2 aromatic rings. The summed E-state index contributed by atoms with van der Waals surface area (Å²) in [6.45, 7) is 2.53. The molecule has 1 saturated heterocycles. The Bertz CT molecular complexity index is 992. The molecule has 2 aromatic carbocycles. The smallest absolute Gasteiger partial charge is 0.240 e. The van der Waals surface area contributed by atoms with E-state index >= 15 is 0 Å². The zero-order valence-electron chi connectivity index (χ0n) is 16.4. The molecule has 0 amide bonds. The van der Waals surface area contributed by atoms with Crippen molar-refractivity contribution in [2.24, 2.45) is 0 Å². The van der Waals surface area contributed by atoms with Crippen LogP contribution in [0.3, 0.4) is 0 Å². The van der Waals surface area contributed by atoms with Gasteiger partial charge < -0.3 is 9.47 Å². The molecule has 4 rings (SSSR count). The molecule has 1 unspecified atom stereocenters. The van der Waals surface area contributed by atoms with Crippen LogP contribution < -0.4 is 14.2 Å². The summed E-state index contributed by atoms with van der Waals surface area (Å²) in [7, 11) is -3.84. The van der Waals surface area contributed by atoms with Crippen molar-refractivity contribution in [3.63, 3.8) is 0 Å². The van der Waals surface area contributed by atoms with Crippen molar-refractivity contribution in [2.75, 3.05) is 32.8 Å². The fourth-order valence-corrected chi connectivity index (χ4v) is 5.22. The summed E-state index contributed by atoms with van der Waals surface area (Å²) in [5, 5.41) is 0.293. The van der Waals surface area contributed by atoms with E-state index in [4.69, 9.17) is 21.1 Å². The average Bonchev–Trinajstić information content (AvgIpc) is 3.14. The standard InChI is InChI=1S/C21H24ClFN2O4S/c22-16-5-3-6-17(23)21(16)18(25-9-1-2-10-25)14-24-30(26,27)15-7-8-19-20(13-15)29-12-4-11-28-19/h3,5-8,13,18,24H,1-2,4,9-12,14H2. The van der Waals surface area contributed by atoms with Crippen LogP contribution in [-0.2, 0) is 10.0 Å². The quantitative estimate of drug-likeness (QED) is 0.719. The number of nitrogens with one attached hydrogen (secondary N) is 1. The van der Waals surface area contributed by atoms with Crippen LogP contribution >= 0.6 is 11.6 Å². The number of nitrogens with zero attached hydrogens (tertiary/aromatic N) is 1. The number of benzene rings is 2. The van der Waals surface area contributed by atoms with Crippen molar-refractivity contribution < 1.29 is 22.3 Å². The van der Waals surface area contributed by atoms with Gasteiger partial charge in [0.15, 0.2) is 11.5 Å². The Morgan fingerprint density at radius 1 is 1.07 bits per heavy atom. The number of hydrogen-bond acceptors (Lipinski definition) is 5. The number of ether oxygens (including phenoxy) is 2. The van der Waals surface area contributed by atoms with E-state index in [9.17, 15) is 12.8 Å². The van der Waals surface area contributed by atoms with Crippen molar-refractivity contribution in [3.8, 4) is 11.5 Å². The first-order valence-corrected chi connectivity index (χ1v) is 11.9. The summed E-state index contributed by atoms with van der Waals surface area (Å²) in [6.07, 6.45) is 2.70. The minimum Gasteiger partial charge on any atom is -0.490 e. The highest BCUT2D eigenvalue weighted by Gasteiger charge is 2.29. The van der Waals surface area contributed by atoms with Gasteiger partial charge in [0.1, 0.15) is 5.82 Å². The lowest BCUT2D eigenvalue weighted by atomic mass is 10.0. The second-order valence-corrected chi connectivity index (χ2v) is 9.58. The molecular formula is C21H24ClFN2O4S. The number of rotatable bonds is 6. The second kappa shape index (κ2) is 9.09. The number of likely N-dealkylation sites (tertiary alicyclic amines) is 1. The monoisotopic (exact) mass is 454 g/mol. The molecule has 6 nitrogen and oxygen atoms in total. The molecule has 1 N–H and O–H groups in total. The molecule has 0 aromatic heterocycles. The minimum atomic E-state index is -3.84. The van der Waals surface area contributed by atoms with E-state index in [2.05, 4.69) is 9.62 Å². The van der Waals surface area contributed by atoms with Gasteiger partial charge in [0.25, 0.3) is 0 Å². The molecule has 9 heteroatoms. The van der Waals surface area contributed by atoms with Crippen molar-refractivity contribution in [3.05, 3.63) is 52.8 Å². The number of halogens is 2. The Kier molecular flexibility index (Phi) is 6.48. The van der Waals surface area contributed by atoms with E-state index in [1.807, 2.05) is 0 Å². The Hall–Kier alpha value is -1.87. The molecule has 30 heavy (non-hydrogen) atoms. The highest BCUT2D eigenvalue weighted by Crippen LogP contribution is 2.34. The molecule has 1 atom stereocenters. The zero-order chi connectivity index (χ0) is 21.1. The van der Waals surface area contributed by atoms with Gasteiger partial charge in [0.05, 0.1) is 24.2 Å². The van der Waals surface area contributed by atoms with Crippen molar-refractivity contribution in [1.82, 2.24) is 9.62 Å². The molecule has 1 fully saturated rings. The molecular weight excluding hydrogens is 431 g/mol. The van der Waals surface area contributed by atoms with Gasteiger partial charge in [0.2, 0.25) is 10.0 Å². The van der Waals surface area contributed by atoms with E-state index in [1.165, 1.54) is 18.2 Å². The lowest BCUT2D eigenvalue weighted by Gasteiger charge is -2.29. The van der Waals surface area contributed by atoms with Gasteiger partial charge >= 0.3 is 0 Å². The van der Waals surface area contributed by atoms with E-state index in [0.717, 1.165) is 32.4 Å². The van der Waals surface area contributed by atoms with Gasteiger partial charge in [-0.1, -0.05) is 17.7 Å². The normalized spacial score (nSPS) is 18.2. The summed E-state index contributed by atoms with van der Waals surface area (Å²) in [5.41, 5.74) is 0.322. The highest BCUT2D eigenvalue weighted by molar-refractivity contribution is 7.89. The Balaban J connectivity index is 1.58. The molecule has 2 aliphatic heterocycles. The third-order valence-electron chi connectivity index (χ3n) is 5.41. The summed E-state index contributed by atoms with van der Waals surface area (Å²) in [5.74, 6) is 0.498. The molecule has 0 spiro atoms. The predicted octanol–water partition coefficient (Wildman–Crippen LogP) is 3.76. The number of sulfonamides is 1. The van der Waals surface area contributed by atoms with Gasteiger partial charge in [0, 0.05) is 29.6 Å². The van der Waals surface area contributed by atoms with Gasteiger partial charge in [-0.15, -0.1) is 0 Å². The van der Waals surface area contributed by atoms with E-state index < -0.39 is 21.9 Å². The van der Waals surface area contributed by atoms with Crippen LogP contribution in [0.15, 0.2) is 41.3 Å². The predicted molar refractivity (Wildman–Crippen MR) is 112 cm³/mol. The van der Waals surface area contributed by atoms with Crippen LogP contribution in [0.25, 0.3) is 0 Å². The fourth-order valence-electron chi connectivity index (χ4n) is 3.88. The zero-order valence-corrected chi connectivity index (χ0v) is 18.0. The highest BCUT2D eigenvalue weighted by atomic mass is 35.5. The molecule has 162 valence electrons. The lowest BCUT2D eigenvalue weighted by Crippen LogP contribution is -2.37. The Labute approximate surface area is 181 Å². The van der Waals surface area contributed by atoms with Crippen molar-refractivity contribution in [1.29, 1.82) is 0 Å². The van der Waals surface area contributed by atoms with Gasteiger partial charge in [-0.2, -0.15) is 0 Å². The maximum absolute atomic E-state index is 14.6. The maximum atomic E-state index is 14.6. The number of fused-ring (bicyclic) bond motifs is 1. The Morgan fingerprint density at radius 2 is 1.80 bits per heavy atom. The minimum absolute atomic E-state index is 0.0113. The van der Waals surface area contributed by atoms with E-state index in [0.29, 0.717) is 35.3 Å². The summed E-state index contributed by atoms with van der Waals surface area (Å²) < 4.78 is 54.3. The largest absolute Gasteiger partial charge is 0.490 e. The molecule has 0 bridgehead atoms. The molecule has 2 aliphatic rings. The molecule has 0 saturated carbocycles. The van der Waals surface area contributed by atoms with Gasteiger partial charge in [-0.05, 0) is 50.2 Å². The van der Waals surface area contributed by atoms with Crippen LogP contribution in [0, 0.1) is 5.82 Å². The van der Waals surface area contributed by atoms with E-state index in [-0.39, 0.29) is 11.4 Å². The fraction of sp³-hybridized carbons (Fsp3) is 0.429.